The maximum Gasteiger partial charge on any atom is 0.255 e. The van der Waals surface area contributed by atoms with Crippen molar-refractivity contribution in [1.82, 2.24) is 9.88 Å². The number of aromatic nitrogens is 1. The molecule has 4 nitrogen and oxygen atoms in total. The molecule has 3 rings (SSSR count). The van der Waals surface area contributed by atoms with Gasteiger partial charge in [0, 0.05) is 29.4 Å². The van der Waals surface area contributed by atoms with Gasteiger partial charge < -0.3 is 10.2 Å². The lowest BCUT2D eigenvalue weighted by Crippen LogP contribution is -2.31. The van der Waals surface area contributed by atoms with Crippen molar-refractivity contribution in [2.45, 2.75) is 25.7 Å². The third-order valence-corrected chi connectivity index (χ3v) is 4.55. The van der Waals surface area contributed by atoms with Crippen molar-refractivity contribution in [3.8, 4) is 0 Å². The number of nitrogens with zero attached hydrogens (tertiary/aromatic N) is 2. The van der Waals surface area contributed by atoms with Crippen LogP contribution in [0, 0.1) is 0 Å². The number of carbonyl (C=O) groups excluding carboxylic acids is 1. The number of hydrogen-bond acceptors (Lipinski definition) is 3. The van der Waals surface area contributed by atoms with Gasteiger partial charge in [0.05, 0.1) is 5.56 Å². The molecular weight excluding hydrogens is 354 g/mol. The van der Waals surface area contributed by atoms with E-state index in [-0.39, 0.29) is 5.91 Å². The molecule has 1 amide bonds. The molecule has 1 aromatic carbocycles. The molecule has 0 bridgehead atoms. The average molecular weight is 374 g/mol. The molecule has 1 N–H and O–H groups in total. The Labute approximate surface area is 145 Å². The highest BCUT2D eigenvalue weighted by atomic mass is 79.9. The lowest BCUT2D eigenvalue weighted by molar-refractivity contribution is 0.0761. The lowest BCUT2D eigenvalue weighted by Gasteiger charge is -2.20. The number of nitrogens with one attached hydrogen (secondary N) is 1. The molecule has 1 aromatic heterocycles. The fourth-order valence-corrected chi connectivity index (χ4v) is 3.00. The van der Waals surface area contributed by atoms with Crippen LogP contribution in [-0.4, -0.2) is 28.9 Å². The molecule has 120 valence electrons. The van der Waals surface area contributed by atoms with E-state index in [2.05, 4.69) is 26.2 Å². The van der Waals surface area contributed by atoms with E-state index in [1.807, 2.05) is 41.3 Å². The van der Waals surface area contributed by atoms with Crippen molar-refractivity contribution >= 4 is 33.3 Å². The molecule has 2 heterocycles. The quantitative estimate of drug-likeness (QED) is 0.854. The summed E-state index contributed by atoms with van der Waals surface area (Å²) in [6.07, 6.45) is 6.30. The van der Waals surface area contributed by atoms with Crippen molar-refractivity contribution in [3.63, 3.8) is 0 Å². The highest BCUT2D eigenvalue weighted by molar-refractivity contribution is 9.10. The summed E-state index contributed by atoms with van der Waals surface area (Å²) < 4.78 is 1.04. The molecule has 1 aliphatic heterocycles. The highest BCUT2D eigenvalue weighted by Crippen LogP contribution is 2.19. The fourth-order valence-electron chi connectivity index (χ4n) is 2.73. The van der Waals surface area contributed by atoms with E-state index in [0.29, 0.717) is 5.56 Å². The molecule has 0 radical (unpaired) electrons. The minimum Gasteiger partial charge on any atom is -0.340 e. The maximum absolute atomic E-state index is 12.5. The van der Waals surface area contributed by atoms with Crippen LogP contribution >= 0.6 is 15.9 Å². The molecule has 1 aliphatic rings. The van der Waals surface area contributed by atoms with Gasteiger partial charge in [0.2, 0.25) is 0 Å². The third-order valence-electron chi connectivity index (χ3n) is 4.02. The molecule has 0 unspecified atom stereocenters. The van der Waals surface area contributed by atoms with Gasteiger partial charge in [-0.15, -0.1) is 0 Å². The zero-order valence-corrected chi connectivity index (χ0v) is 14.6. The van der Waals surface area contributed by atoms with Crippen LogP contribution in [0.1, 0.15) is 36.0 Å². The minimum absolute atomic E-state index is 0.0922. The van der Waals surface area contributed by atoms with E-state index in [4.69, 9.17) is 0 Å². The Kier molecular flexibility index (Phi) is 5.28. The first-order valence-electron chi connectivity index (χ1n) is 8.00. The summed E-state index contributed by atoms with van der Waals surface area (Å²) in [4.78, 5) is 18.8. The first kappa shape index (κ1) is 16.0. The van der Waals surface area contributed by atoms with Gasteiger partial charge in [0.25, 0.3) is 5.91 Å². The van der Waals surface area contributed by atoms with Crippen molar-refractivity contribution in [3.05, 3.63) is 52.6 Å². The van der Waals surface area contributed by atoms with Gasteiger partial charge in [-0.25, -0.2) is 4.98 Å². The smallest absolute Gasteiger partial charge is 0.255 e. The van der Waals surface area contributed by atoms with Gasteiger partial charge in [-0.3, -0.25) is 4.79 Å². The third kappa shape index (κ3) is 4.32. The molecule has 0 spiro atoms. The van der Waals surface area contributed by atoms with Crippen LogP contribution in [0.5, 0.6) is 0 Å². The summed E-state index contributed by atoms with van der Waals surface area (Å²) in [5.41, 5.74) is 1.63. The van der Waals surface area contributed by atoms with E-state index in [9.17, 15) is 4.79 Å². The van der Waals surface area contributed by atoms with Gasteiger partial charge >= 0.3 is 0 Å². The molecule has 1 fully saturated rings. The monoisotopic (exact) mass is 373 g/mol. The van der Waals surface area contributed by atoms with Gasteiger partial charge in [-0.2, -0.15) is 0 Å². The minimum atomic E-state index is 0.0922. The summed E-state index contributed by atoms with van der Waals surface area (Å²) >= 11 is 3.41. The van der Waals surface area contributed by atoms with Crippen LogP contribution in [0.25, 0.3) is 0 Å². The zero-order valence-electron chi connectivity index (χ0n) is 13.0. The average Bonchev–Trinajstić information content (AvgIpc) is 2.86. The Morgan fingerprint density at radius 2 is 1.70 bits per heavy atom. The number of rotatable bonds is 3. The number of anilines is 2. The summed E-state index contributed by atoms with van der Waals surface area (Å²) in [7, 11) is 0. The van der Waals surface area contributed by atoms with Crippen LogP contribution in [-0.2, 0) is 0 Å². The number of benzene rings is 1. The predicted molar refractivity (Wildman–Crippen MR) is 96.0 cm³/mol. The molecule has 0 atom stereocenters. The second-order valence-corrected chi connectivity index (χ2v) is 6.69. The molecule has 1 saturated heterocycles. The maximum atomic E-state index is 12.5. The number of amides is 1. The first-order valence-corrected chi connectivity index (χ1v) is 8.79. The standard InChI is InChI=1S/C18H20BrN3O/c19-15-6-8-16(9-7-15)21-17-10-5-14(13-20-17)18(23)22-11-3-1-2-4-12-22/h5-10,13H,1-4,11-12H2,(H,20,21). The Bertz CT molecular complexity index is 647. The van der Waals surface area contributed by atoms with E-state index < -0.39 is 0 Å². The summed E-state index contributed by atoms with van der Waals surface area (Å²) in [6, 6.07) is 11.6. The molecule has 0 aliphatic carbocycles. The Balaban J connectivity index is 1.66. The van der Waals surface area contributed by atoms with Gasteiger partial charge in [0.1, 0.15) is 5.82 Å². The van der Waals surface area contributed by atoms with Crippen LogP contribution < -0.4 is 5.32 Å². The van der Waals surface area contributed by atoms with E-state index in [1.165, 1.54) is 12.8 Å². The summed E-state index contributed by atoms with van der Waals surface area (Å²) in [6.45, 7) is 1.72. The summed E-state index contributed by atoms with van der Waals surface area (Å²) in [5, 5.41) is 3.23. The molecule has 2 aromatic rings. The SMILES string of the molecule is O=C(c1ccc(Nc2ccc(Br)cc2)nc1)N1CCCCCC1. The van der Waals surface area contributed by atoms with Crippen molar-refractivity contribution in [1.29, 1.82) is 0 Å². The van der Waals surface area contributed by atoms with Crippen LogP contribution in [0.15, 0.2) is 47.1 Å². The largest absolute Gasteiger partial charge is 0.340 e. The number of pyridine rings is 1. The highest BCUT2D eigenvalue weighted by Gasteiger charge is 2.17. The van der Waals surface area contributed by atoms with Crippen molar-refractivity contribution in [2.24, 2.45) is 0 Å². The van der Waals surface area contributed by atoms with Gasteiger partial charge in [-0.1, -0.05) is 28.8 Å². The van der Waals surface area contributed by atoms with Crippen LogP contribution in [0.2, 0.25) is 0 Å². The molecule has 0 saturated carbocycles. The number of likely N-dealkylation sites (tertiary alicyclic amines) is 1. The Morgan fingerprint density at radius 3 is 2.30 bits per heavy atom. The second-order valence-electron chi connectivity index (χ2n) is 5.77. The van der Waals surface area contributed by atoms with Gasteiger partial charge in [0.15, 0.2) is 0 Å². The van der Waals surface area contributed by atoms with Crippen molar-refractivity contribution in [2.75, 3.05) is 18.4 Å². The number of halogens is 1. The predicted octanol–water partition coefficient (Wildman–Crippen LogP) is 4.60. The normalized spacial score (nSPS) is 15.1. The van der Waals surface area contributed by atoms with Crippen molar-refractivity contribution < 1.29 is 4.79 Å². The van der Waals surface area contributed by atoms with Crippen LogP contribution in [0.3, 0.4) is 0 Å². The lowest BCUT2D eigenvalue weighted by atomic mass is 10.2. The fraction of sp³-hybridized carbons (Fsp3) is 0.333. The Morgan fingerprint density at radius 1 is 1.00 bits per heavy atom. The molecular formula is C18H20BrN3O. The van der Waals surface area contributed by atoms with E-state index >= 15 is 0 Å². The zero-order chi connectivity index (χ0) is 16.1. The van der Waals surface area contributed by atoms with E-state index in [1.54, 1.807) is 6.20 Å². The van der Waals surface area contributed by atoms with Gasteiger partial charge in [-0.05, 0) is 49.2 Å². The first-order chi connectivity index (χ1) is 11.2. The molecule has 23 heavy (non-hydrogen) atoms. The number of carbonyl (C=O) groups is 1. The Hall–Kier alpha value is -1.88. The van der Waals surface area contributed by atoms with Crippen LogP contribution in [0.4, 0.5) is 11.5 Å². The summed E-state index contributed by atoms with van der Waals surface area (Å²) in [5.74, 6) is 0.828. The number of hydrogen-bond donors (Lipinski definition) is 1. The second kappa shape index (κ2) is 7.59. The molecule has 5 heteroatoms. The topological polar surface area (TPSA) is 45.2 Å². The van der Waals surface area contributed by atoms with E-state index in [0.717, 1.165) is 41.9 Å².